The summed E-state index contributed by atoms with van der Waals surface area (Å²) < 4.78 is 5.42. The van der Waals surface area contributed by atoms with Crippen LogP contribution >= 0.6 is 0 Å². The summed E-state index contributed by atoms with van der Waals surface area (Å²) in [7, 11) is 4.08. The Balaban J connectivity index is 1.84. The molecule has 1 aliphatic rings. The zero-order chi connectivity index (χ0) is 19.9. The molecule has 152 valence electrons. The highest BCUT2D eigenvalue weighted by Gasteiger charge is 2.28. The van der Waals surface area contributed by atoms with E-state index in [-0.39, 0.29) is 17.6 Å². The highest BCUT2D eigenvalue weighted by Crippen LogP contribution is 2.18. The maximum Gasteiger partial charge on any atom is 0.314 e. The lowest BCUT2D eigenvalue weighted by Crippen LogP contribution is -2.56. The standard InChI is InChI=1S/C21H36N4O2/c1-6-17-7-9-18(10-8-17)19(24(4)5)15-22-20(26)23-16-21(2,3)25-11-13-27-14-12-25/h7-10,19H,6,11-16H2,1-5H3,(H2,22,23,26). The first-order chi connectivity index (χ1) is 12.8. The van der Waals surface area contributed by atoms with E-state index in [1.165, 1.54) is 11.1 Å². The van der Waals surface area contributed by atoms with Gasteiger partial charge in [-0.05, 0) is 45.5 Å². The van der Waals surface area contributed by atoms with E-state index >= 15 is 0 Å². The van der Waals surface area contributed by atoms with Gasteiger partial charge in [0.15, 0.2) is 0 Å². The molecule has 0 radical (unpaired) electrons. The number of rotatable bonds is 8. The van der Waals surface area contributed by atoms with E-state index in [2.05, 4.69) is 65.5 Å². The molecule has 1 unspecified atom stereocenters. The zero-order valence-electron chi connectivity index (χ0n) is 17.5. The third-order valence-corrected chi connectivity index (χ3v) is 5.40. The van der Waals surface area contributed by atoms with Gasteiger partial charge < -0.3 is 20.3 Å². The van der Waals surface area contributed by atoms with Gasteiger partial charge in [0.1, 0.15) is 0 Å². The molecular formula is C21H36N4O2. The predicted octanol–water partition coefficient (Wildman–Crippen LogP) is 2.26. The molecule has 1 heterocycles. The Morgan fingerprint density at radius 2 is 1.81 bits per heavy atom. The van der Waals surface area contributed by atoms with Gasteiger partial charge in [0, 0.05) is 31.7 Å². The molecule has 0 aliphatic carbocycles. The summed E-state index contributed by atoms with van der Waals surface area (Å²) >= 11 is 0. The van der Waals surface area contributed by atoms with E-state index in [1.54, 1.807) is 0 Å². The van der Waals surface area contributed by atoms with Gasteiger partial charge in [0.2, 0.25) is 0 Å². The van der Waals surface area contributed by atoms with Gasteiger partial charge in [0.05, 0.1) is 19.3 Å². The van der Waals surface area contributed by atoms with Gasteiger partial charge in [-0.15, -0.1) is 0 Å². The second-order valence-corrected chi connectivity index (χ2v) is 8.05. The molecule has 2 rings (SSSR count). The molecule has 27 heavy (non-hydrogen) atoms. The molecule has 0 aromatic heterocycles. The molecule has 1 aromatic rings. The van der Waals surface area contributed by atoms with Crippen LogP contribution in [0.2, 0.25) is 0 Å². The molecular weight excluding hydrogens is 340 g/mol. The third kappa shape index (κ3) is 6.48. The number of urea groups is 1. The van der Waals surface area contributed by atoms with E-state index in [0.29, 0.717) is 13.1 Å². The van der Waals surface area contributed by atoms with Crippen LogP contribution in [-0.2, 0) is 11.2 Å². The third-order valence-electron chi connectivity index (χ3n) is 5.40. The topological polar surface area (TPSA) is 56.8 Å². The molecule has 1 saturated heterocycles. The molecule has 0 spiro atoms. The van der Waals surface area contributed by atoms with Crippen molar-refractivity contribution >= 4 is 6.03 Å². The van der Waals surface area contributed by atoms with E-state index in [9.17, 15) is 4.79 Å². The molecule has 1 aromatic carbocycles. The van der Waals surface area contributed by atoms with Crippen molar-refractivity contribution in [2.24, 2.45) is 0 Å². The number of nitrogens with zero attached hydrogens (tertiary/aromatic N) is 2. The second kappa shape index (κ2) is 10.1. The summed E-state index contributed by atoms with van der Waals surface area (Å²) in [5.74, 6) is 0. The first-order valence-electron chi connectivity index (χ1n) is 9.93. The van der Waals surface area contributed by atoms with Gasteiger partial charge in [-0.2, -0.15) is 0 Å². The van der Waals surface area contributed by atoms with E-state index < -0.39 is 0 Å². The van der Waals surface area contributed by atoms with Crippen LogP contribution in [0.4, 0.5) is 4.79 Å². The van der Waals surface area contributed by atoms with Crippen molar-refractivity contribution in [2.75, 3.05) is 53.5 Å². The number of nitrogens with one attached hydrogen (secondary N) is 2. The number of aryl methyl sites for hydroxylation is 1. The molecule has 6 heteroatoms. The second-order valence-electron chi connectivity index (χ2n) is 8.05. The fourth-order valence-electron chi connectivity index (χ4n) is 3.40. The normalized spacial score (nSPS) is 17.0. The summed E-state index contributed by atoms with van der Waals surface area (Å²) in [4.78, 5) is 16.9. The smallest absolute Gasteiger partial charge is 0.314 e. The van der Waals surface area contributed by atoms with Gasteiger partial charge in [-0.1, -0.05) is 31.2 Å². The lowest BCUT2D eigenvalue weighted by atomic mass is 10.0. The Kier molecular flexibility index (Phi) is 8.07. The Morgan fingerprint density at radius 1 is 1.19 bits per heavy atom. The SMILES string of the molecule is CCc1ccc(C(CNC(=O)NCC(C)(C)N2CCOCC2)N(C)C)cc1. The summed E-state index contributed by atoms with van der Waals surface area (Å²) in [6.07, 6.45) is 1.03. The Morgan fingerprint density at radius 3 is 2.37 bits per heavy atom. The van der Waals surface area contributed by atoms with Crippen molar-refractivity contribution in [1.82, 2.24) is 20.4 Å². The molecule has 0 saturated carbocycles. The molecule has 6 nitrogen and oxygen atoms in total. The Labute approximate surface area is 164 Å². The molecule has 2 amide bonds. The number of carbonyl (C=O) groups excluding carboxylic acids is 1. The minimum absolute atomic E-state index is 0.0853. The molecule has 1 atom stereocenters. The maximum atomic E-state index is 12.3. The Hall–Kier alpha value is -1.63. The van der Waals surface area contributed by atoms with Crippen LogP contribution in [-0.4, -0.2) is 74.9 Å². The van der Waals surface area contributed by atoms with Crippen LogP contribution in [0.3, 0.4) is 0 Å². The molecule has 1 fully saturated rings. The van der Waals surface area contributed by atoms with Crippen molar-refractivity contribution in [2.45, 2.75) is 38.8 Å². The highest BCUT2D eigenvalue weighted by atomic mass is 16.5. The van der Waals surface area contributed by atoms with E-state index in [1.807, 2.05) is 14.1 Å². The lowest BCUT2D eigenvalue weighted by molar-refractivity contribution is -0.00875. The number of carbonyl (C=O) groups is 1. The van der Waals surface area contributed by atoms with Crippen molar-refractivity contribution < 1.29 is 9.53 Å². The van der Waals surface area contributed by atoms with Gasteiger partial charge in [-0.25, -0.2) is 4.79 Å². The monoisotopic (exact) mass is 376 g/mol. The van der Waals surface area contributed by atoms with Crippen LogP contribution in [0, 0.1) is 0 Å². The number of amides is 2. The predicted molar refractivity (Wildman–Crippen MR) is 110 cm³/mol. The summed E-state index contributed by atoms with van der Waals surface area (Å²) in [5, 5.41) is 6.06. The van der Waals surface area contributed by atoms with Gasteiger partial charge >= 0.3 is 6.03 Å². The summed E-state index contributed by atoms with van der Waals surface area (Å²) in [6, 6.07) is 8.67. The minimum Gasteiger partial charge on any atom is -0.379 e. The summed E-state index contributed by atoms with van der Waals surface area (Å²) in [6.45, 7) is 11.0. The first-order valence-corrected chi connectivity index (χ1v) is 9.93. The quantitative estimate of drug-likeness (QED) is 0.731. The number of hydrogen-bond acceptors (Lipinski definition) is 4. The lowest BCUT2D eigenvalue weighted by Gasteiger charge is -2.40. The van der Waals surface area contributed by atoms with Crippen molar-refractivity contribution in [3.05, 3.63) is 35.4 Å². The molecule has 0 bridgehead atoms. The first kappa shape index (κ1) is 21.7. The highest BCUT2D eigenvalue weighted by molar-refractivity contribution is 5.74. The number of likely N-dealkylation sites (N-methyl/N-ethyl adjacent to an activating group) is 1. The van der Waals surface area contributed by atoms with E-state index in [0.717, 1.165) is 32.7 Å². The molecule has 2 N–H and O–H groups in total. The van der Waals surface area contributed by atoms with Gasteiger partial charge in [0.25, 0.3) is 0 Å². The number of benzene rings is 1. The van der Waals surface area contributed by atoms with Crippen molar-refractivity contribution in [1.29, 1.82) is 0 Å². The average Bonchev–Trinajstić information content (AvgIpc) is 2.67. The average molecular weight is 377 g/mol. The fourth-order valence-corrected chi connectivity index (χ4v) is 3.40. The van der Waals surface area contributed by atoms with Crippen LogP contribution in [0.15, 0.2) is 24.3 Å². The zero-order valence-corrected chi connectivity index (χ0v) is 17.5. The van der Waals surface area contributed by atoms with Crippen LogP contribution < -0.4 is 10.6 Å². The summed E-state index contributed by atoms with van der Waals surface area (Å²) in [5.41, 5.74) is 2.45. The van der Waals surface area contributed by atoms with Crippen molar-refractivity contribution in [3.8, 4) is 0 Å². The fraction of sp³-hybridized carbons (Fsp3) is 0.667. The Bertz CT molecular complexity index is 580. The van der Waals surface area contributed by atoms with Crippen LogP contribution in [0.1, 0.15) is 37.9 Å². The van der Waals surface area contributed by atoms with Crippen LogP contribution in [0.5, 0.6) is 0 Å². The van der Waals surface area contributed by atoms with Gasteiger partial charge in [-0.3, -0.25) is 4.90 Å². The number of ether oxygens (including phenoxy) is 1. The van der Waals surface area contributed by atoms with Crippen LogP contribution in [0.25, 0.3) is 0 Å². The minimum atomic E-state index is -0.117. The van der Waals surface area contributed by atoms with E-state index in [4.69, 9.17) is 4.74 Å². The number of hydrogen-bond donors (Lipinski definition) is 2. The largest absolute Gasteiger partial charge is 0.379 e. The molecule has 1 aliphatic heterocycles. The number of morpholine rings is 1. The van der Waals surface area contributed by atoms with Crippen molar-refractivity contribution in [3.63, 3.8) is 0 Å². The maximum absolute atomic E-state index is 12.3.